The highest BCUT2D eigenvalue weighted by Gasteiger charge is 2.19. The minimum Gasteiger partial charge on any atom is -0.303 e. The Morgan fingerprint density at radius 3 is 2.03 bits per heavy atom. The predicted octanol–water partition coefficient (Wildman–Crippen LogP) is 5.37. The van der Waals surface area contributed by atoms with Gasteiger partial charge in [0.2, 0.25) is 10.0 Å². The number of benzene rings is 3. The molecular weight excluding hydrogens is 428 g/mol. The van der Waals surface area contributed by atoms with Crippen molar-refractivity contribution in [1.82, 2.24) is 9.62 Å². The van der Waals surface area contributed by atoms with E-state index in [0.29, 0.717) is 11.4 Å². The lowest BCUT2D eigenvalue weighted by Gasteiger charge is -2.32. The molecule has 0 radical (unpaired) electrons. The van der Waals surface area contributed by atoms with E-state index in [9.17, 15) is 8.42 Å². The maximum atomic E-state index is 12.6. The number of nitrogens with one attached hydrogen (secondary N) is 1. The van der Waals surface area contributed by atoms with Crippen LogP contribution in [0.2, 0.25) is 0 Å². The highest BCUT2D eigenvalue weighted by atomic mass is 32.2. The molecule has 1 aliphatic rings. The van der Waals surface area contributed by atoms with Gasteiger partial charge < -0.3 is 4.90 Å². The summed E-state index contributed by atoms with van der Waals surface area (Å²) < 4.78 is 28.0. The van der Waals surface area contributed by atoms with E-state index in [1.807, 2.05) is 42.5 Å². The second kappa shape index (κ2) is 11.6. The zero-order valence-corrected chi connectivity index (χ0v) is 20.0. The van der Waals surface area contributed by atoms with E-state index < -0.39 is 10.0 Å². The molecule has 0 unspecified atom stereocenters. The molecule has 33 heavy (non-hydrogen) atoms. The van der Waals surface area contributed by atoms with Crippen LogP contribution in [-0.4, -0.2) is 39.5 Å². The van der Waals surface area contributed by atoms with Crippen molar-refractivity contribution in [2.24, 2.45) is 5.92 Å². The Morgan fingerprint density at radius 1 is 0.758 bits per heavy atom. The van der Waals surface area contributed by atoms with Crippen LogP contribution >= 0.6 is 0 Å². The van der Waals surface area contributed by atoms with Crippen molar-refractivity contribution in [3.8, 4) is 11.1 Å². The second-order valence-corrected chi connectivity index (χ2v) is 10.7. The molecule has 4 nitrogen and oxygen atoms in total. The summed E-state index contributed by atoms with van der Waals surface area (Å²) in [6.07, 6.45) is 5.55. The fourth-order valence-corrected chi connectivity index (χ4v) is 5.64. The maximum absolute atomic E-state index is 12.6. The minimum atomic E-state index is -3.47. The first-order valence-electron chi connectivity index (χ1n) is 12.0. The third kappa shape index (κ3) is 7.00. The van der Waals surface area contributed by atoms with E-state index in [2.05, 4.69) is 40.0 Å². The van der Waals surface area contributed by atoms with E-state index in [1.165, 1.54) is 24.8 Å². The van der Waals surface area contributed by atoms with Crippen LogP contribution in [0.5, 0.6) is 0 Å². The van der Waals surface area contributed by atoms with E-state index >= 15 is 0 Å². The molecule has 0 aromatic heterocycles. The molecule has 0 bridgehead atoms. The summed E-state index contributed by atoms with van der Waals surface area (Å²) in [4.78, 5) is 2.85. The molecule has 1 aliphatic heterocycles. The molecule has 0 saturated carbocycles. The van der Waals surface area contributed by atoms with Crippen LogP contribution in [0.4, 0.5) is 0 Å². The fourth-order valence-electron chi connectivity index (χ4n) is 4.57. The zero-order chi connectivity index (χ0) is 22.9. The van der Waals surface area contributed by atoms with Gasteiger partial charge in [0.1, 0.15) is 0 Å². The van der Waals surface area contributed by atoms with Crippen molar-refractivity contribution < 1.29 is 8.42 Å². The van der Waals surface area contributed by atoms with E-state index in [1.54, 1.807) is 12.1 Å². The van der Waals surface area contributed by atoms with Gasteiger partial charge in [-0.15, -0.1) is 0 Å². The van der Waals surface area contributed by atoms with Gasteiger partial charge in [-0.1, -0.05) is 72.8 Å². The largest absolute Gasteiger partial charge is 0.303 e. The van der Waals surface area contributed by atoms with Crippen molar-refractivity contribution in [1.29, 1.82) is 0 Å². The minimum absolute atomic E-state index is 0.322. The van der Waals surface area contributed by atoms with Crippen LogP contribution in [0.1, 0.15) is 31.2 Å². The number of sulfonamides is 1. The Morgan fingerprint density at radius 2 is 1.36 bits per heavy atom. The second-order valence-electron chi connectivity index (χ2n) is 8.97. The Labute approximate surface area is 198 Å². The van der Waals surface area contributed by atoms with Crippen LogP contribution in [0.3, 0.4) is 0 Å². The number of unbranched alkanes of at least 4 members (excludes halogenated alkanes) is 1. The average molecular weight is 463 g/mol. The van der Waals surface area contributed by atoms with Crippen molar-refractivity contribution in [3.63, 3.8) is 0 Å². The number of nitrogens with zero attached hydrogens (tertiary/aromatic N) is 1. The van der Waals surface area contributed by atoms with Crippen LogP contribution in [-0.2, 0) is 16.4 Å². The normalized spacial score (nSPS) is 15.5. The first-order chi connectivity index (χ1) is 16.1. The summed E-state index contributed by atoms with van der Waals surface area (Å²) >= 11 is 0. The highest BCUT2D eigenvalue weighted by molar-refractivity contribution is 7.89. The molecule has 174 valence electrons. The lowest BCUT2D eigenvalue weighted by atomic mass is 9.90. The summed E-state index contributed by atoms with van der Waals surface area (Å²) in [6.45, 7) is 3.83. The molecule has 3 aromatic rings. The number of hydrogen-bond acceptors (Lipinski definition) is 3. The van der Waals surface area contributed by atoms with Crippen molar-refractivity contribution >= 4 is 10.0 Å². The molecule has 0 spiro atoms. The summed E-state index contributed by atoms with van der Waals surface area (Å²) in [6, 6.07) is 27.9. The van der Waals surface area contributed by atoms with Gasteiger partial charge in [0, 0.05) is 6.54 Å². The fraction of sp³-hybridized carbons (Fsp3) is 0.357. The van der Waals surface area contributed by atoms with E-state index in [0.717, 1.165) is 49.5 Å². The zero-order valence-electron chi connectivity index (χ0n) is 19.2. The van der Waals surface area contributed by atoms with Gasteiger partial charge in [-0.05, 0) is 86.5 Å². The molecule has 0 aliphatic carbocycles. The topological polar surface area (TPSA) is 49.4 Å². The van der Waals surface area contributed by atoms with Crippen molar-refractivity contribution in [2.45, 2.75) is 37.0 Å². The van der Waals surface area contributed by atoms with Crippen LogP contribution in [0.15, 0.2) is 89.8 Å². The van der Waals surface area contributed by atoms with Crippen LogP contribution in [0, 0.1) is 5.92 Å². The quantitative estimate of drug-likeness (QED) is 0.412. The lowest BCUT2D eigenvalue weighted by molar-refractivity contribution is 0.181. The SMILES string of the molecule is O=S(=O)(NCCCCN1CCC(Cc2ccccc2)CC1)c1ccc(-c2ccccc2)cc1. The molecule has 3 aromatic carbocycles. The number of rotatable bonds is 10. The molecule has 5 heteroatoms. The molecular formula is C28H34N2O2S. The highest BCUT2D eigenvalue weighted by Crippen LogP contribution is 2.22. The van der Waals surface area contributed by atoms with Gasteiger partial charge in [-0.25, -0.2) is 13.1 Å². The summed E-state index contributed by atoms with van der Waals surface area (Å²) in [5.41, 5.74) is 3.54. The number of likely N-dealkylation sites (tertiary alicyclic amines) is 1. The monoisotopic (exact) mass is 462 g/mol. The van der Waals surface area contributed by atoms with E-state index in [4.69, 9.17) is 0 Å². The summed E-state index contributed by atoms with van der Waals surface area (Å²) in [5.74, 6) is 0.781. The number of hydrogen-bond donors (Lipinski definition) is 1. The molecule has 1 saturated heterocycles. The average Bonchev–Trinajstić information content (AvgIpc) is 2.86. The molecule has 0 amide bonds. The van der Waals surface area contributed by atoms with Gasteiger partial charge in [-0.2, -0.15) is 0 Å². The Bertz CT molecular complexity index is 1080. The third-order valence-electron chi connectivity index (χ3n) is 6.54. The van der Waals surface area contributed by atoms with Gasteiger partial charge in [0.25, 0.3) is 0 Å². The van der Waals surface area contributed by atoms with Crippen LogP contribution < -0.4 is 4.72 Å². The van der Waals surface area contributed by atoms with Gasteiger partial charge in [0.15, 0.2) is 0 Å². The summed E-state index contributed by atoms with van der Waals surface area (Å²) in [7, 11) is -3.47. The van der Waals surface area contributed by atoms with Gasteiger partial charge >= 0.3 is 0 Å². The predicted molar refractivity (Wildman–Crippen MR) is 136 cm³/mol. The summed E-state index contributed by atoms with van der Waals surface area (Å²) in [5, 5.41) is 0. The first-order valence-corrected chi connectivity index (χ1v) is 13.5. The lowest BCUT2D eigenvalue weighted by Crippen LogP contribution is -2.35. The Hall–Kier alpha value is -2.47. The van der Waals surface area contributed by atoms with Gasteiger partial charge in [0.05, 0.1) is 4.90 Å². The molecule has 1 N–H and O–H groups in total. The standard InChI is InChI=1S/C28H34N2O2S/c31-33(32,28-15-13-27(14-16-28)26-11-5-2-6-12-26)29-19-7-8-20-30-21-17-25(18-22-30)23-24-9-3-1-4-10-24/h1-6,9-16,25,29H,7-8,17-23H2. The molecule has 1 heterocycles. The first kappa shape index (κ1) is 23.7. The van der Waals surface area contributed by atoms with Crippen molar-refractivity contribution in [2.75, 3.05) is 26.2 Å². The van der Waals surface area contributed by atoms with E-state index in [-0.39, 0.29) is 0 Å². The molecule has 1 fully saturated rings. The maximum Gasteiger partial charge on any atom is 0.240 e. The Balaban J connectivity index is 1.14. The van der Waals surface area contributed by atoms with Crippen LogP contribution in [0.25, 0.3) is 11.1 Å². The van der Waals surface area contributed by atoms with Crippen molar-refractivity contribution in [3.05, 3.63) is 90.5 Å². The third-order valence-corrected chi connectivity index (χ3v) is 8.02. The molecule has 0 atom stereocenters. The van der Waals surface area contributed by atoms with Gasteiger partial charge in [-0.3, -0.25) is 0 Å². The Kier molecular flexibility index (Phi) is 8.32. The number of piperidine rings is 1. The molecule has 4 rings (SSSR count). The smallest absolute Gasteiger partial charge is 0.240 e.